The van der Waals surface area contributed by atoms with Gasteiger partial charge in [0.2, 0.25) is 0 Å². The van der Waals surface area contributed by atoms with Crippen LogP contribution in [0.5, 0.6) is 0 Å². The van der Waals surface area contributed by atoms with Crippen LogP contribution in [-0.4, -0.2) is 41.4 Å². The van der Waals surface area contributed by atoms with Crippen LogP contribution in [0.15, 0.2) is 24.3 Å². The van der Waals surface area contributed by atoms with E-state index < -0.39 is 18.3 Å². The maximum Gasteiger partial charge on any atom is 0.491 e. The molecule has 20 heavy (non-hydrogen) atoms. The average molecular weight is 279 g/mol. The van der Waals surface area contributed by atoms with E-state index in [0.29, 0.717) is 11.0 Å². The van der Waals surface area contributed by atoms with Gasteiger partial charge in [-0.3, -0.25) is 4.79 Å². The van der Waals surface area contributed by atoms with Crippen molar-refractivity contribution in [3.05, 3.63) is 29.8 Å². The summed E-state index contributed by atoms with van der Waals surface area (Å²) in [5.74, 6) is -0.191. The van der Waals surface area contributed by atoms with E-state index in [4.69, 9.17) is 4.65 Å². The molecule has 0 saturated heterocycles. The predicted octanol–water partition coefficient (Wildman–Crippen LogP) is 0.300. The van der Waals surface area contributed by atoms with E-state index in [2.05, 4.69) is 5.32 Å². The zero-order valence-corrected chi connectivity index (χ0v) is 12.6. The first-order chi connectivity index (χ1) is 9.08. The van der Waals surface area contributed by atoms with Crippen LogP contribution in [0.25, 0.3) is 0 Å². The molecule has 6 heteroatoms. The number of carbonyl (C=O) groups excluding carboxylic acids is 1. The molecule has 0 unspecified atom stereocenters. The summed E-state index contributed by atoms with van der Waals surface area (Å²) in [6.45, 7) is 6.65. The van der Waals surface area contributed by atoms with E-state index in [1.165, 1.54) is 0 Å². The normalized spacial score (nSPS) is 12.2. The van der Waals surface area contributed by atoms with Crippen molar-refractivity contribution < 1.29 is 19.6 Å². The Balaban J connectivity index is 2.83. The molecule has 110 valence electrons. The molecule has 0 saturated carbocycles. The van der Waals surface area contributed by atoms with Crippen molar-refractivity contribution in [1.29, 1.82) is 0 Å². The molecule has 0 spiro atoms. The van der Waals surface area contributed by atoms with Gasteiger partial charge in [-0.25, -0.2) is 0 Å². The van der Waals surface area contributed by atoms with E-state index >= 15 is 0 Å². The van der Waals surface area contributed by atoms with Crippen molar-refractivity contribution in [3.63, 3.8) is 0 Å². The van der Waals surface area contributed by atoms with E-state index in [-0.39, 0.29) is 5.91 Å². The summed E-state index contributed by atoms with van der Waals surface area (Å²) >= 11 is 0. The molecule has 0 aromatic heterocycles. The molecule has 0 atom stereocenters. The van der Waals surface area contributed by atoms with Crippen molar-refractivity contribution in [2.24, 2.45) is 0 Å². The van der Waals surface area contributed by atoms with Gasteiger partial charge < -0.3 is 20.1 Å². The molecule has 0 radical (unpaired) electrons. The lowest BCUT2D eigenvalue weighted by Gasteiger charge is -2.38. The molecule has 0 aliphatic carbocycles. The Morgan fingerprint density at radius 1 is 1.20 bits per heavy atom. The first kappa shape index (κ1) is 16.7. The van der Waals surface area contributed by atoms with Crippen LogP contribution in [0, 0.1) is 0 Å². The number of benzene rings is 1. The zero-order valence-electron chi connectivity index (χ0n) is 12.6. The van der Waals surface area contributed by atoms with E-state index in [1.54, 1.807) is 59.0 Å². The van der Waals surface area contributed by atoms with E-state index in [9.17, 15) is 14.9 Å². The van der Waals surface area contributed by atoms with Gasteiger partial charge in [0.05, 0.1) is 11.2 Å². The number of hydrogen-bond donors (Lipinski definition) is 3. The molecule has 3 N–H and O–H groups in total. The van der Waals surface area contributed by atoms with Gasteiger partial charge in [0.15, 0.2) is 0 Å². The van der Waals surface area contributed by atoms with Gasteiger partial charge in [-0.2, -0.15) is 0 Å². The molecule has 0 fully saturated rings. The highest BCUT2D eigenvalue weighted by Crippen LogP contribution is 2.25. The van der Waals surface area contributed by atoms with Crippen molar-refractivity contribution in [1.82, 2.24) is 5.32 Å². The summed E-state index contributed by atoms with van der Waals surface area (Å²) in [7, 11) is 0.384. The Kier molecular flexibility index (Phi) is 4.97. The molecule has 0 heterocycles. The van der Waals surface area contributed by atoms with Gasteiger partial charge in [0, 0.05) is 12.6 Å². The monoisotopic (exact) mass is 279 g/mol. The van der Waals surface area contributed by atoms with Crippen LogP contribution in [0.1, 0.15) is 38.1 Å². The number of carbonyl (C=O) groups is 1. The summed E-state index contributed by atoms with van der Waals surface area (Å²) in [5.41, 5.74) is -0.998. The highest BCUT2D eigenvalue weighted by Gasteiger charge is 2.39. The Bertz CT molecular complexity index is 465. The van der Waals surface area contributed by atoms with Crippen LogP contribution < -0.4 is 10.8 Å². The Hall–Kier alpha value is -1.37. The fraction of sp³-hybridized carbons (Fsp3) is 0.500. The van der Waals surface area contributed by atoms with Crippen molar-refractivity contribution in [2.75, 3.05) is 7.05 Å². The Labute approximate surface area is 120 Å². The second-order valence-electron chi connectivity index (χ2n) is 5.74. The lowest BCUT2D eigenvalue weighted by atomic mass is 9.76. The Morgan fingerprint density at radius 2 is 1.70 bits per heavy atom. The molecule has 0 bridgehead atoms. The lowest BCUT2D eigenvalue weighted by molar-refractivity contribution is -0.0982. The van der Waals surface area contributed by atoms with Gasteiger partial charge in [0.1, 0.15) is 0 Å². The first-order valence-corrected chi connectivity index (χ1v) is 6.49. The Morgan fingerprint density at radius 3 is 2.10 bits per heavy atom. The third kappa shape index (κ3) is 3.82. The van der Waals surface area contributed by atoms with Crippen LogP contribution in [0.3, 0.4) is 0 Å². The highest BCUT2D eigenvalue weighted by molar-refractivity contribution is 6.60. The summed E-state index contributed by atoms with van der Waals surface area (Å²) in [4.78, 5) is 11.4. The number of aliphatic hydroxyl groups is 1. The molecule has 1 aromatic carbocycles. The smallest absolute Gasteiger partial charge is 0.423 e. The van der Waals surface area contributed by atoms with Crippen LogP contribution in [0.4, 0.5) is 0 Å². The third-order valence-corrected chi connectivity index (χ3v) is 3.56. The first-order valence-electron chi connectivity index (χ1n) is 6.49. The van der Waals surface area contributed by atoms with Gasteiger partial charge in [-0.1, -0.05) is 12.1 Å². The minimum absolute atomic E-state index is 0.191. The SMILES string of the molecule is CNC(=O)c1ccc(B(O)OC(C)(C)C(C)(C)O)cc1. The number of nitrogens with one attached hydrogen (secondary N) is 1. The molecule has 0 aliphatic rings. The zero-order chi connectivity index (χ0) is 15.6. The summed E-state index contributed by atoms with van der Waals surface area (Å²) in [5, 5.41) is 22.6. The van der Waals surface area contributed by atoms with Crippen LogP contribution in [-0.2, 0) is 4.65 Å². The second-order valence-corrected chi connectivity index (χ2v) is 5.74. The van der Waals surface area contributed by atoms with Crippen molar-refractivity contribution in [2.45, 2.75) is 38.9 Å². The highest BCUT2D eigenvalue weighted by atomic mass is 16.5. The molecular formula is C14H22BNO4. The summed E-state index contributed by atoms with van der Waals surface area (Å²) in [6.07, 6.45) is 0. The number of amides is 1. The summed E-state index contributed by atoms with van der Waals surface area (Å²) in [6, 6.07) is 6.46. The van der Waals surface area contributed by atoms with Crippen LogP contribution in [0.2, 0.25) is 0 Å². The minimum Gasteiger partial charge on any atom is -0.423 e. The van der Waals surface area contributed by atoms with Crippen molar-refractivity contribution >= 4 is 18.5 Å². The van der Waals surface area contributed by atoms with Crippen molar-refractivity contribution in [3.8, 4) is 0 Å². The molecule has 1 amide bonds. The molecule has 1 rings (SSSR count). The average Bonchev–Trinajstić information content (AvgIpc) is 2.36. The minimum atomic E-state index is -1.17. The molecule has 0 aliphatic heterocycles. The maximum atomic E-state index is 11.4. The topological polar surface area (TPSA) is 78.8 Å². The molecular weight excluding hydrogens is 257 g/mol. The third-order valence-electron chi connectivity index (χ3n) is 3.56. The predicted molar refractivity (Wildman–Crippen MR) is 78.9 cm³/mol. The quantitative estimate of drug-likeness (QED) is 0.677. The maximum absolute atomic E-state index is 11.4. The summed E-state index contributed by atoms with van der Waals surface area (Å²) < 4.78 is 5.52. The van der Waals surface area contributed by atoms with Gasteiger partial charge in [0.25, 0.3) is 5.91 Å². The molecule has 1 aromatic rings. The number of rotatable bonds is 5. The fourth-order valence-corrected chi connectivity index (χ4v) is 1.43. The number of hydrogen-bond acceptors (Lipinski definition) is 4. The largest absolute Gasteiger partial charge is 0.491 e. The standard InChI is InChI=1S/C14H22BNO4/c1-13(2,18)14(3,4)20-15(19)11-8-6-10(7-9-11)12(17)16-5/h6-9,18-19H,1-5H3,(H,16,17). The van der Waals surface area contributed by atoms with E-state index in [1.807, 2.05) is 0 Å². The van der Waals surface area contributed by atoms with E-state index in [0.717, 1.165) is 0 Å². The van der Waals surface area contributed by atoms with Gasteiger partial charge in [-0.15, -0.1) is 0 Å². The lowest BCUT2D eigenvalue weighted by Crippen LogP contribution is -2.53. The van der Waals surface area contributed by atoms with Gasteiger partial charge >= 0.3 is 7.12 Å². The molecule has 5 nitrogen and oxygen atoms in total. The fourth-order valence-electron chi connectivity index (χ4n) is 1.43. The van der Waals surface area contributed by atoms with Gasteiger partial charge in [-0.05, 0) is 45.3 Å². The van der Waals surface area contributed by atoms with Crippen LogP contribution >= 0.6 is 0 Å². The second kappa shape index (κ2) is 5.95.